The Morgan fingerprint density at radius 2 is 0.573 bits per heavy atom. The topological polar surface area (TPSA) is 29.5 Å². The van der Waals surface area contributed by atoms with Gasteiger partial charge in [0, 0.05) is 77.8 Å². The van der Waals surface area contributed by atoms with E-state index in [4.69, 9.17) is 4.42 Å². The lowest BCUT2D eigenvalue weighted by Gasteiger charge is -2.45. The van der Waals surface area contributed by atoms with Crippen LogP contribution in [0.4, 0.5) is 34.1 Å². The number of furan rings is 1. The second-order valence-corrected chi connectivity index (χ2v) is 25.6. The first-order valence-corrected chi connectivity index (χ1v) is 33.1. The van der Waals surface area contributed by atoms with Crippen molar-refractivity contribution in [2.75, 3.05) is 9.80 Å². The Balaban J connectivity index is 0.976. The van der Waals surface area contributed by atoms with Crippen molar-refractivity contribution in [1.82, 2.24) is 9.13 Å². The summed E-state index contributed by atoms with van der Waals surface area (Å²) >= 11 is 0. The molecule has 2 aliphatic heterocycles. The first-order chi connectivity index (χ1) is 47.6. The van der Waals surface area contributed by atoms with Crippen LogP contribution < -0.4 is 26.2 Å². The molecule has 0 fully saturated rings. The molecule has 15 aromatic carbocycles. The lowest BCUT2D eigenvalue weighted by Crippen LogP contribution is -2.61. The van der Waals surface area contributed by atoms with Gasteiger partial charge in [0.05, 0.1) is 22.1 Å². The average Bonchev–Trinajstić information content (AvgIpc) is 1.01. The van der Waals surface area contributed by atoms with Crippen molar-refractivity contribution in [3.63, 3.8) is 0 Å². The molecule has 5 heterocycles. The molecule has 0 unspecified atom stereocenters. The van der Waals surface area contributed by atoms with Gasteiger partial charge in [0.25, 0.3) is 6.71 Å². The molecule has 2 aliphatic rings. The smallest absolute Gasteiger partial charge is 0.252 e. The highest BCUT2D eigenvalue weighted by Gasteiger charge is 2.45. The third kappa shape index (κ3) is 8.45. The fraction of sp³-hybridized carbons (Fsp3) is 0. The largest absolute Gasteiger partial charge is 0.456 e. The molecule has 18 aromatic rings. The average molecular weight is 1220 g/mol. The molecule has 0 aliphatic carbocycles. The van der Waals surface area contributed by atoms with Crippen LogP contribution in [0.1, 0.15) is 0 Å². The third-order valence-electron chi connectivity index (χ3n) is 20.2. The number of anilines is 6. The second kappa shape index (κ2) is 21.5. The number of benzene rings is 15. The molecule has 3 aromatic heterocycles. The Hall–Kier alpha value is -12.6. The third-order valence-corrected chi connectivity index (χ3v) is 20.2. The number of rotatable bonds is 9. The Kier molecular flexibility index (Phi) is 12.1. The Bertz CT molecular complexity index is 5710. The first kappa shape index (κ1) is 54.0. The molecule has 0 amide bonds. The van der Waals surface area contributed by atoms with E-state index in [0.717, 1.165) is 145 Å². The molecule has 0 bridgehead atoms. The standard InChI is InChI=1S/C90H57BN4O/c1-7-25-58(26-8-1)63-45-64(59-27-9-2-10-28-59)48-70(47-63)94-84-56-82-75(72-37-19-22-40-80(72)92(82)68-33-15-5-16-34-68)54-78(84)91-79-55-76-73-38-20-23-41-81(73)93(69-35-17-6-18-36-69)83(76)57-85(79)95(71-49-65(60-29-11-3-12-30-60)46-66(50-71)61-31-13-4-14-32-61)87-53-67(52-86(94)90(87)91)62-43-44-89-77(51-62)74-39-21-24-42-88(74)96-89/h1-57H. The van der Waals surface area contributed by atoms with Crippen LogP contribution in [0.15, 0.2) is 350 Å². The lowest BCUT2D eigenvalue weighted by molar-refractivity contribution is 0.669. The number of aromatic nitrogens is 2. The van der Waals surface area contributed by atoms with Gasteiger partial charge in [-0.2, -0.15) is 0 Å². The summed E-state index contributed by atoms with van der Waals surface area (Å²) in [5.41, 5.74) is 30.1. The zero-order valence-corrected chi connectivity index (χ0v) is 52.2. The zero-order valence-electron chi connectivity index (χ0n) is 52.2. The molecule has 0 radical (unpaired) electrons. The molecular formula is C90H57BN4O. The van der Waals surface area contributed by atoms with Crippen LogP contribution in [0, 0.1) is 0 Å². The quantitative estimate of drug-likeness (QED) is 0.135. The van der Waals surface area contributed by atoms with Gasteiger partial charge in [-0.05, 0) is 187 Å². The van der Waals surface area contributed by atoms with Gasteiger partial charge in [0.1, 0.15) is 11.2 Å². The van der Waals surface area contributed by atoms with E-state index < -0.39 is 0 Å². The van der Waals surface area contributed by atoms with Gasteiger partial charge < -0.3 is 23.4 Å². The van der Waals surface area contributed by atoms with Crippen molar-refractivity contribution in [3.8, 4) is 67.0 Å². The molecule has 446 valence electrons. The molecule has 0 spiro atoms. The van der Waals surface area contributed by atoms with Crippen LogP contribution in [0.3, 0.4) is 0 Å². The van der Waals surface area contributed by atoms with Crippen LogP contribution in [0.5, 0.6) is 0 Å². The number of hydrogen-bond acceptors (Lipinski definition) is 3. The van der Waals surface area contributed by atoms with Crippen molar-refractivity contribution in [1.29, 1.82) is 0 Å². The van der Waals surface area contributed by atoms with Gasteiger partial charge in [-0.25, -0.2) is 0 Å². The molecule has 6 heteroatoms. The lowest BCUT2D eigenvalue weighted by atomic mass is 9.33. The van der Waals surface area contributed by atoms with Crippen molar-refractivity contribution in [3.05, 3.63) is 346 Å². The first-order valence-electron chi connectivity index (χ1n) is 33.1. The van der Waals surface area contributed by atoms with Crippen LogP contribution in [0.25, 0.3) is 133 Å². The minimum Gasteiger partial charge on any atom is -0.456 e. The van der Waals surface area contributed by atoms with Gasteiger partial charge in [-0.1, -0.05) is 231 Å². The Labute approximate surface area is 555 Å². The van der Waals surface area contributed by atoms with Crippen LogP contribution in [-0.4, -0.2) is 15.8 Å². The van der Waals surface area contributed by atoms with E-state index in [-0.39, 0.29) is 6.71 Å². The highest BCUT2D eigenvalue weighted by Crippen LogP contribution is 2.51. The summed E-state index contributed by atoms with van der Waals surface area (Å²) < 4.78 is 11.5. The van der Waals surface area contributed by atoms with Crippen LogP contribution >= 0.6 is 0 Å². The molecular weight excluding hydrogens is 1160 g/mol. The van der Waals surface area contributed by atoms with E-state index in [0.29, 0.717) is 0 Å². The normalized spacial score (nSPS) is 12.5. The van der Waals surface area contributed by atoms with Gasteiger partial charge in [-0.15, -0.1) is 0 Å². The summed E-state index contributed by atoms with van der Waals surface area (Å²) in [6, 6.07) is 128. The van der Waals surface area contributed by atoms with Crippen molar-refractivity contribution in [2.45, 2.75) is 0 Å². The highest BCUT2D eigenvalue weighted by molar-refractivity contribution is 7.00. The monoisotopic (exact) mass is 1220 g/mol. The van der Waals surface area contributed by atoms with E-state index in [2.05, 4.69) is 365 Å². The fourth-order valence-electron chi connectivity index (χ4n) is 15.9. The van der Waals surface area contributed by atoms with Crippen LogP contribution in [0.2, 0.25) is 0 Å². The highest BCUT2D eigenvalue weighted by atomic mass is 16.3. The van der Waals surface area contributed by atoms with E-state index >= 15 is 0 Å². The predicted molar refractivity (Wildman–Crippen MR) is 404 cm³/mol. The molecule has 96 heavy (non-hydrogen) atoms. The summed E-state index contributed by atoms with van der Waals surface area (Å²) in [7, 11) is 0. The van der Waals surface area contributed by atoms with Gasteiger partial charge in [0.2, 0.25) is 0 Å². The fourth-order valence-corrected chi connectivity index (χ4v) is 15.9. The second-order valence-electron chi connectivity index (χ2n) is 25.6. The molecule has 5 nitrogen and oxygen atoms in total. The summed E-state index contributed by atoms with van der Waals surface area (Å²) in [5, 5.41) is 6.98. The molecule has 20 rings (SSSR count). The SMILES string of the molecule is c1ccc(-c2cc(-c3ccccc3)cc(N3c4cc5c(cc4B4c6cc7c8ccccc8n(-c8ccccc8)c7cc6N(c6cc(-c7ccccc7)cc(-c7ccccc7)c6)c6cc(-c7ccc8oc9ccccc9c8c7)cc3c64)c3ccccc3n5-c3ccccc3)c2)cc1. The summed E-state index contributed by atoms with van der Waals surface area (Å²) in [5.74, 6) is 0. The van der Waals surface area contributed by atoms with Crippen molar-refractivity contribution in [2.24, 2.45) is 0 Å². The maximum Gasteiger partial charge on any atom is 0.252 e. The number of para-hydroxylation sites is 5. The van der Waals surface area contributed by atoms with Crippen LogP contribution in [-0.2, 0) is 0 Å². The number of hydrogen-bond donors (Lipinski definition) is 0. The van der Waals surface area contributed by atoms with Gasteiger partial charge in [0.15, 0.2) is 0 Å². The minimum absolute atomic E-state index is 0.259. The van der Waals surface area contributed by atoms with Crippen molar-refractivity contribution < 1.29 is 4.42 Å². The molecule has 0 atom stereocenters. The van der Waals surface area contributed by atoms with Crippen molar-refractivity contribution >= 4 is 123 Å². The summed E-state index contributed by atoms with van der Waals surface area (Å²) in [4.78, 5) is 5.26. The van der Waals surface area contributed by atoms with E-state index in [1.807, 2.05) is 0 Å². The Morgan fingerprint density at radius 3 is 1.01 bits per heavy atom. The maximum absolute atomic E-state index is 6.60. The van der Waals surface area contributed by atoms with Gasteiger partial charge in [-0.3, -0.25) is 0 Å². The molecule has 0 N–H and O–H groups in total. The molecule has 0 saturated carbocycles. The maximum atomic E-state index is 6.60. The summed E-state index contributed by atoms with van der Waals surface area (Å²) in [6.45, 7) is -0.259. The van der Waals surface area contributed by atoms with Gasteiger partial charge >= 0.3 is 0 Å². The molecule has 0 saturated heterocycles. The predicted octanol–water partition coefficient (Wildman–Crippen LogP) is 22.2. The van der Waals surface area contributed by atoms with E-state index in [1.165, 1.54) is 37.9 Å². The Morgan fingerprint density at radius 1 is 0.208 bits per heavy atom. The minimum atomic E-state index is -0.259. The number of nitrogens with zero attached hydrogens (tertiary/aromatic N) is 4. The number of fused-ring (bicyclic) bond motifs is 13. The van der Waals surface area contributed by atoms with E-state index in [9.17, 15) is 0 Å². The summed E-state index contributed by atoms with van der Waals surface area (Å²) in [6.07, 6.45) is 0. The van der Waals surface area contributed by atoms with E-state index in [1.54, 1.807) is 0 Å². The zero-order chi connectivity index (χ0) is 63.0.